The third kappa shape index (κ3) is 8.75. The average Bonchev–Trinajstić information content (AvgIpc) is 3.32. The molecule has 5 amide bonds. The summed E-state index contributed by atoms with van der Waals surface area (Å²) in [6.07, 6.45) is -0.202. The second-order valence-electron chi connectivity index (χ2n) is 8.80. The van der Waals surface area contributed by atoms with E-state index in [0.717, 1.165) is 4.90 Å². The van der Waals surface area contributed by atoms with Gasteiger partial charge in [-0.25, -0.2) is 4.79 Å². The second-order valence-corrected chi connectivity index (χ2v) is 8.80. The summed E-state index contributed by atoms with van der Waals surface area (Å²) in [6, 6.07) is 0.891. The summed E-state index contributed by atoms with van der Waals surface area (Å²) >= 11 is 0. The molecule has 202 valence electrons. The molecule has 1 aromatic rings. The highest BCUT2D eigenvalue weighted by Gasteiger charge is 2.39. The van der Waals surface area contributed by atoms with Crippen molar-refractivity contribution >= 4 is 35.5 Å². The summed E-state index contributed by atoms with van der Waals surface area (Å²) in [7, 11) is 0. The molecule has 1 saturated heterocycles. The summed E-state index contributed by atoms with van der Waals surface area (Å²) < 4.78 is 0. The molecule has 0 bridgehead atoms. The van der Waals surface area contributed by atoms with Gasteiger partial charge in [-0.2, -0.15) is 0 Å². The third-order valence-electron chi connectivity index (χ3n) is 5.89. The molecule has 0 aliphatic carbocycles. The van der Waals surface area contributed by atoms with E-state index < -0.39 is 66.1 Å². The highest BCUT2D eigenvalue weighted by atomic mass is 16.4. The standard InChI is InChI=1S/C23H32N6O8/c24-14(7-8-18(25)31)20(33)27-15(11-19(26)32)22(35)29-9-1-2-17(29)21(34)28-16(23(36)37)10-12-3-5-13(30)6-4-12/h3-6,14-17,30H,1-2,7-11,24H2,(H2,25,31)(H2,26,32)(H,27,33)(H,28,34)(H,36,37). The lowest BCUT2D eigenvalue weighted by molar-refractivity contribution is -0.145. The third-order valence-corrected chi connectivity index (χ3v) is 5.89. The number of rotatable bonds is 13. The Morgan fingerprint density at radius 3 is 2.22 bits per heavy atom. The Kier molecular flexibility index (Phi) is 10.4. The van der Waals surface area contributed by atoms with Gasteiger partial charge in [-0.15, -0.1) is 0 Å². The van der Waals surface area contributed by atoms with E-state index in [-0.39, 0.29) is 38.0 Å². The van der Waals surface area contributed by atoms with Crippen LogP contribution in [0, 0.1) is 0 Å². The Labute approximate surface area is 212 Å². The number of phenolic OH excluding ortho intramolecular Hbond substituents is 1. The second kappa shape index (κ2) is 13.2. The minimum atomic E-state index is -1.41. The number of carboxylic acids is 1. The maximum Gasteiger partial charge on any atom is 0.326 e. The maximum absolute atomic E-state index is 13.2. The van der Waals surface area contributed by atoms with Crippen molar-refractivity contribution in [3.05, 3.63) is 29.8 Å². The van der Waals surface area contributed by atoms with Crippen molar-refractivity contribution in [1.29, 1.82) is 0 Å². The Hall–Kier alpha value is -4.20. The number of hydrogen-bond donors (Lipinski definition) is 7. The first-order valence-electron chi connectivity index (χ1n) is 11.6. The summed E-state index contributed by atoms with van der Waals surface area (Å²) in [6.45, 7) is 0.130. The Morgan fingerprint density at radius 2 is 1.65 bits per heavy atom. The number of amides is 5. The lowest BCUT2D eigenvalue weighted by Gasteiger charge is -2.29. The SMILES string of the molecule is NC(=O)CCC(N)C(=O)NC(CC(N)=O)C(=O)N1CCCC1C(=O)NC(Cc1ccc(O)cc1)C(=O)O. The van der Waals surface area contributed by atoms with Crippen LogP contribution in [0.3, 0.4) is 0 Å². The van der Waals surface area contributed by atoms with Crippen molar-refractivity contribution in [2.24, 2.45) is 17.2 Å². The van der Waals surface area contributed by atoms with Crippen LogP contribution in [0.2, 0.25) is 0 Å². The van der Waals surface area contributed by atoms with Gasteiger partial charge in [-0.05, 0) is 37.0 Å². The summed E-state index contributed by atoms with van der Waals surface area (Å²) in [5.41, 5.74) is 16.6. The number of hydrogen-bond acceptors (Lipinski definition) is 8. The van der Waals surface area contributed by atoms with Gasteiger partial charge in [-0.1, -0.05) is 12.1 Å². The van der Waals surface area contributed by atoms with Crippen LogP contribution in [0.4, 0.5) is 0 Å². The largest absolute Gasteiger partial charge is 0.508 e. The number of carboxylic acid groups (broad SMARTS) is 1. The highest BCUT2D eigenvalue weighted by Crippen LogP contribution is 2.20. The number of carbonyl (C=O) groups is 6. The minimum absolute atomic E-state index is 0.00574. The number of primary amides is 2. The maximum atomic E-state index is 13.2. The molecule has 0 aromatic heterocycles. The number of carbonyl (C=O) groups excluding carboxylic acids is 5. The molecule has 4 unspecified atom stereocenters. The number of phenols is 1. The summed E-state index contributed by atoms with van der Waals surface area (Å²) in [5, 5.41) is 23.8. The van der Waals surface area contributed by atoms with Gasteiger partial charge < -0.3 is 42.9 Å². The molecule has 1 aromatic carbocycles. The molecule has 10 N–H and O–H groups in total. The van der Waals surface area contributed by atoms with Gasteiger partial charge in [0, 0.05) is 19.4 Å². The van der Waals surface area contributed by atoms with Crippen LogP contribution in [0.1, 0.15) is 37.7 Å². The van der Waals surface area contributed by atoms with Crippen molar-refractivity contribution in [3.8, 4) is 5.75 Å². The number of benzene rings is 1. The molecule has 1 heterocycles. The fourth-order valence-corrected chi connectivity index (χ4v) is 3.95. The van der Waals surface area contributed by atoms with E-state index >= 15 is 0 Å². The number of nitrogens with two attached hydrogens (primary N) is 3. The highest BCUT2D eigenvalue weighted by molar-refractivity contribution is 5.96. The summed E-state index contributed by atoms with van der Waals surface area (Å²) in [5.74, 6) is -5.10. The van der Waals surface area contributed by atoms with E-state index in [0.29, 0.717) is 12.0 Å². The van der Waals surface area contributed by atoms with Crippen LogP contribution in [-0.2, 0) is 35.2 Å². The zero-order valence-electron chi connectivity index (χ0n) is 20.1. The Bertz CT molecular complexity index is 1030. The molecule has 0 saturated carbocycles. The quantitative estimate of drug-likeness (QED) is 0.144. The van der Waals surface area contributed by atoms with Gasteiger partial charge in [0.1, 0.15) is 23.9 Å². The Balaban J connectivity index is 2.11. The van der Waals surface area contributed by atoms with Crippen LogP contribution in [-0.4, -0.2) is 81.3 Å². The number of aromatic hydroxyl groups is 1. The normalized spacial score (nSPS) is 17.3. The van der Waals surface area contributed by atoms with Crippen molar-refractivity contribution in [2.75, 3.05) is 6.54 Å². The number of nitrogens with one attached hydrogen (secondary N) is 2. The van der Waals surface area contributed by atoms with Crippen molar-refractivity contribution < 1.29 is 39.0 Å². The fraction of sp³-hybridized carbons (Fsp3) is 0.478. The molecule has 1 fully saturated rings. The zero-order chi connectivity index (χ0) is 27.7. The van der Waals surface area contributed by atoms with Crippen molar-refractivity contribution in [3.63, 3.8) is 0 Å². The minimum Gasteiger partial charge on any atom is -0.508 e. The van der Waals surface area contributed by atoms with Crippen LogP contribution in [0.15, 0.2) is 24.3 Å². The molecule has 1 aliphatic heterocycles. The van der Waals surface area contributed by atoms with E-state index in [2.05, 4.69) is 10.6 Å². The molecule has 2 rings (SSSR count). The van der Waals surface area contributed by atoms with Gasteiger partial charge in [0.15, 0.2) is 0 Å². The average molecular weight is 521 g/mol. The van der Waals surface area contributed by atoms with Crippen LogP contribution >= 0.6 is 0 Å². The van der Waals surface area contributed by atoms with Gasteiger partial charge in [-0.3, -0.25) is 24.0 Å². The topological polar surface area (TPSA) is 248 Å². The first kappa shape index (κ1) is 29.0. The molecular formula is C23H32N6O8. The van der Waals surface area contributed by atoms with E-state index in [9.17, 15) is 39.0 Å². The zero-order valence-corrected chi connectivity index (χ0v) is 20.1. The van der Waals surface area contributed by atoms with Crippen molar-refractivity contribution in [2.45, 2.75) is 62.7 Å². The predicted molar refractivity (Wildman–Crippen MR) is 128 cm³/mol. The molecule has 0 spiro atoms. The number of aliphatic carboxylic acids is 1. The lowest BCUT2D eigenvalue weighted by atomic mass is 10.0. The van der Waals surface area contributed by atoms with Crippen LogP contribution < -0.4 is 27.8 Å². The van der Waals surface area contributed by atoms with Crippen LogP contribution in [0.25, 0.3) is 0 Å². The van der Waals surface area contributed by atoms with E-state index in [1.807, 2.05) is 0 Å². The smallest absolute Gasteiger partial charge is 0.326 e. The number of likely N-dealkylation sites (tertiary alicyclic amines) is 1. The van der Waals surface area contributed by atoms with E-state index in [1.165, 1.54) is 24.3 Å². The van der Waals surface area contributed by atoms with Crippen molar-refractivity contribution in [1.82, 2.24) is 15.5 Å². The van der Waals surface area contributed by atoms with Crippen LogP contribution in [0.5, 0.6) is 5.75 Å². The number of nitrogens with zero attached hydrogens (tertiary/aromatic N) is 1. The molecule has 14 heteroatoms. The van der Waals surface area contributed by atoms with Gasteiger partial charge in [0.25, 0.3) is 0 Å². The fourth-order valence-electron chi connectivity index (χ4n) is 3.95. The molecule has 0 radical (unpaired) electrons. The molecule has 37 heavy (non-hydrogen) atoms. The lowest BCUT2D eigenvalue weighted by Crippen LogP contribution is -2.57. The first-order chi connectivity index (χ1) is 17.4. The molecular weight excluding hydrogens is 488 g/mol. The molecule has 14 nitrogen and oxygen atoms in total. The Morgan fingerprint density at radius 1 is 1.00 bits per heavy atom. The predicted octanol–water partition coefficient (Wildman–Crippen LogP) is -2.55. The van der Waals surface area contributed by atoms with Gasteiger partial charge in [0.05, 0.1) is 12.5 Å². The molecule has 4 atom stereocenters. The van der Waals surface area contributed by atoms with E-state index in [4.69, 9.17) is 17.2 Å². The summed E-state index contributed by atoms with van der Waals surface area (Å²) in [4.78, 5) is 74.1. The van der Waals surface area contributed by atoms with Gasteiger partial charge >= 0.3 is 5.97 Å². The monoisotopic (exact) mass is 520 g/mol. The van der Waals surface area contributed by atoms with E-state index in [1.54, 1.807) is 0 Å². The van der Waals surface area contributed by atoms with Gasteiger partial charge in [0.2, 0.25) is 29.5 Å². The molecule has 1 aliphatic rings. The first-order valence-corrected chi connectivity index (χ1v) is 11.6.